The SMILES string of the molecule is C=C[C@@H]1C[C@@H]1C(=O)NS1(=O)(C2CC2)CO1. The van der Waals surface area contributed by atoms with Gasteiger partial charge in [0, 0.05) is 5.92 Å². The Kier molecular flexibility index (Phi) is 1.60. The Bertz CT molecular complexity index is 405. The largest absolute Gasteiger partial charge is 0.273 e. The predicted molar refractivity (Wildman–Crippen MR) is 57.1 cm³/mol. The summed E-state index contributed by atoms with van der Waals surface area (Å²) >= 11 is 0. The van der Waals surface area contributed by atoms with Crippen molar-refractivity contribution < 1.29 is 13.2 Å². The van der Waals surface area contributed by atoms with E-state index in [2.05, 4.69) is 11.3 Å². The molecule has 3 aliphatic rings. The summed E-state index contributed by atoms with van der Waals surface area (Å²) in [5.41, 5.74) is 0. The first-order chi connectivity index (χ1) is 7.05. The molecule has 0 aromatic heterocycles. The minimum absolute atomic E-state index is 0.0209. The summed E-state index contributed by atoms with van der Waals surface area (Å²) in [7, 11) is -3.15. The van der Waals surface area contributed by atoms with Crippen LogP contribution < -0.4 is 4.72 Å². The van der Waals surface area contributed by atoms with E-state index in [1.807, 2.05) is 0 Å². The zero-order valence-corrected chi connectivity index (χ0v) is 9.29. The van der Waals surface area contributed by atoms with Crippen molar-refractivity contribution in [1.29, 1.82) is 0 Å². The minimum atomic E-state index is -3.15. The van der Waals surface area contributed by atoms with Gasteiger partial charge in [-0.2, -0.15) is 4.21 Å². The van der Waals surface area contributed by atoms with Crippen molar-refractivity contribution in [3.63, 3.8) is 0 Å². The van der Waals surface area contributed by atoms with Crippen molar-refractivity contribution in [1.82, 2.24) is 4.72 Å². The van der Waals surface area contributed by atoms with E-state index in [9.17, 15) is 9.00 Å². The van der Waals surface area contributed by atoms with Crippen molar-refractivity contribution in [3.05, 3.63) is 12.7 Å². The Labute approximate surface area is 88.8 Å². The van der Waals surface area contributed by atoms with Crippen LogP contribution in [0.3, 0.4) is 0 Å². The van der Waals surface area contributed by atoms with Crippen LogP contribution in [0.25, 0.3) is 0 Å². The van der Waals surface area contributed by atoms with Crippen LogP contribution in [0.15, 0.2) is 12.7 Å². The summed E-state index contributed by atoms with van der Waals surface area (Å²) in [4.78, 5) is 11.8. The quantitative estimate of drug-likeness (QED) is 0.571. The van der Waals surface area contributed by atoms with E-state index in [4.69, 9.17) is 4.18 Å². The maximum Gasteiger partial charge on any atom is 0.241 e. The Morgan fingerprint density at radius 1 is 1.53 bits per heavy atom. The number of nitrogens with one attached hydrogen (secondary N) is 1. The number of amides is 1. The van der Waals surface area contributed by atoms with Gasteiger partial charge in [0.05, 0.1) is 5.25 Å². The summed E-state index contributed by atoms with van der Waals surface area (Å²) in [5.74, 6) is 0.375. The molecule has 0 unspecified atom stereocenters. The van der Waals surface area contributed by atoms with Gasteiger partial charge in [0.25, 0.3) is 0 Å². The lowest BCUT2D eigenvalue weighted by atomic mass is 10.3. The Hall–Kier alpha value is -0.680. The lowest BCUT2D eigenvalue weighted by Gasteiger charge is -2.26. The van der Waals surface area contributed by atoms with Crippen molar-refractivity contribution in [2.45, 2.75) is 24.5 Å². The van der Waals surface area contributed by atoms with Crippen LogP contribution in [-0.2, 0) is 18.5 Å². The number of hydrogen-bond donors (Lipinski definition) is 1. The fraction of sp³-hybridized carbons (Fsp3) is 0.700. The molecule has 0 radical (unpaired) electrons. The second-order valence-electron chi connectivity index (χ2n) is 4.73. The molecule has 0 aromatic rings. The third-order valence-electron chi connectivity index (χ3n) is 3.46. The van der Waals surface area contributed by atoms with Crippen LogP contribution >= 0.6 is 0 Å². The molecule has 2 saturated carbocycles. The van der Waals surface area contributed by atoms with E-state index >= 15 is 0 Å². The van der Waals surface area contributed by atoms with Gasteiger partial charge in [-0.15, -0.1) is 6.58 Å². The number of rotatable bonds is 4. The number of allylic oxidation sites excluding steroid dienone is 1. The number of hydrogen-bond acceptors (Lipinski definition) is 3. The van der Waals surface area contributed by atoms with E-state index in [0.29, 0.717) is 0 Å². The van der Waals surface area contributed by atoms with Crippen LogP contribution in [0.2, 0.25) is 0 Å². The average molecular weight is 229 g/mol. The maximum atomic E-state index is 12.4. The minimum Gasteiger partial charge on any atom is -0.273 e. The molecule has 3 fully saturated rings. The molecule has 2 atom stereocenters. The summed E-state index contributed by atoms with van der Waals surface area (Å²) in [6, 6.07) is 0. The number of carbonyl (C=O) groups excluding carboxylic acids is 1. The van der Waals surface area contributed by atoms with Crippen LogP contribution in [-0.4, -0.2) is 21.3 Å². The van der Waals surface area contributed by atoms with Gasteiger partial charge in [0.15, 0.2) is 5.94 Å². The molecule has 1 N–H and O–H groups in total. The molecule has 15 heavy (non-hydrogen) atoms. The first-order valence-corrected chi connectivity index (χ1v) is 7.42. The summed E-state index contributed by atoms with van der Waals surface area (Å²) in [6.07, 6.45) is 4.46. The van der Waals surface area contributed by atoms with Gasteiger partial charge >= 0.3 is 0 Å². The van der Waals surface area contributed by atoms with E-state index in [-0.39, 0.29) is 28.9 Å². The molecule has 0 aromatic carbocycles. The van der Waals surface area contributed by atoms with Crippen molar-refractivity contribution in [2.75, 3.05) is 5.94 Å². The van der Waals surface area contributed by atoms with Crippen molar-refractivity contribution in [2.24, 2.45) is 11.8 Å². The Balaban J connectivity index is 1.69. The third-order valence-corrected chi connectivity index (χ3v) is 6.85. The maximum absolute atomic E-state index is 12.4. The molecule has 0 spiro atoms. The normalized spacial score (nSPS) is 42.0. The highest BCUT2D eigenvalue weighted by atomic mass is 32.3. The van der Waals surface area contributed by atoms with Gasteiger partial charge in [0.1, 0.15) is 0 Å². The first kappa shape index (κ1) is 9.54. The third kappa shape index (κ3) is 1.37. The molecule has 1 saturated heterocycles. The molecule has 2 aliphatic carbocycles. The lowest BCUT2D eigenvalue weighted by molar-refractivity contribution is -0.120. The smallest absolute Gasteiger partial charge is 0.241 e. The molecule has 1 amide bonds. The van der Waals surface area contributed by atoms with Crippen molar-refractivity contribution in [3.8, 4) is 0 Å². The summed E-state index contributed by atoms with van der Waals surface area (Å²) in [5, 5.41) is 0.0897. The second kappa shape index (κ2) is 2.52. The highest BCUT2D eigenvalue weighted by Crippen LogP contribution is 2.54. The van der Waals surface area contributed by atoms with Crippen LogP contribution in [0.5, 0.6) is 0 Å². The second-order valence-corrected chi connectivity index (χ2v) is 8.26. The average Bonchev–Trinajstić information content (AvgIpc) is 3.05. The first-order valence-electron chi connectivity index (χ1n) is 5.30. The van der Waals surface area contributed by atoms with E-state index in [1.54, 1.807) is 6.08 Å². The van der Waals surface area contributed by atoms with Gasteiger partial charge in [-0.3, -0.25) is 9.52 Å². The van der Waals surface area contributed by atoms with Gasteiger partial charge in [-0.05, 0) is 25.2 Å². The van der Waals surface area contributed by atoms with Crippen molar-refractivity contribution >= 4 is 15.4 Å². The fourth-order valence-corrected chi connectivity index (χ4v) is 4.92. The van der Waals surface area contributed by atoms with E-state index in [0.717, 1.165) is 19.3 Å². The standard InChI is InChI=1S/C10H15NO3S/c1-2-7-5-9(7)10(12)11-15(13,6-14-15)8-3-4-8/h2,7-9H,1,3-6H2,(H,11,12,13)/t7-,9+/m1/s1. The molecule has 84 valence electrons. The van der Waals surface area contributed by atoms with Crippen LogP contribution in [0.4, 0.5) is 0 Å². The lowest BCUT2D eigenvalue weighted by Crippen LogP contribution is -2.44. The highest BCUT2D eigenvalue weighted by molar-refractivity contribution is 8.19. The highest BCUT2D eigenvalue weighted by Gasteiger charge is 2.60. The molecule has 0 bridgehead atoms. The molecule has 3 rings (SSSR count). The number of carbonyl (C=O) groups is 1. The topological polar surface area (TPSA) is 58.7 Å². The molecule has 1 aliphatic heterocycles. The van der Waals surface area contributed by atoms with Gasteiger partial charge in [-0.25, -0.2) is 4.18 Å². The van der Waals surface area contributed by atoms with Gasteiger partial charge in [-0.1, -0.05) is 15.6 Å². The molecular formula is C10H15NO3S. The Morgan fingerprint density at radius 3 is 2.60 bits per heavy atom. The molecule has 4 nitrogen and oxygen atoms in total. The van der Waals surface area contributed by atoms with Gasteiger partial charge in [0.2, 0.25) is 5.91 Å². The van der Waals surface area contributed by atoms with E-state index < -0.39 is 9.53 Å². The summed E-state index contributed by atoms with van der Waals surface area (Å²) in [6.45, 7) is 3.65. The van der Waals surface area contributed by atoms with Crippen LogP contribution in [0, 0.1) is 11.8 Å². The molecule has 1 heterocycles. The van der Waals surface area contributed by atoms with E-state index in [1.165, 1.54) is 0 Å². The van der Waals surface area contributed by atoms with Gasteiger partial charge < -0.3 is 0 Å². The monoisotopic (exact) mass is 229 g/mol. The predicted octanol–water partition coefficient (Wildman–Crippen LogP) is 0.725. The Morgan fingerprint density at radius 2 is 2.20 bits per heavy atom. The molecule has 5 heteroatoms. The fourth-order valence-electron chi connectivity index (χ4n) is 2.01. The zero-order chi connectivity index (χ0) is 10.7. The summed E-state index contributed by atoms with van der Waals surface area (Å²) < 4.78 is 20.2. The zero-order valence-electron chi connectivity index (χ0n) is 8.48. The molecular weight excluding hydrogens is 214 g/mol. The van der Waals surface area contributed by atoms with Crippen LogP contribution in [0.1, 0.15) is 19.3 Å².